The maximum atomic E-state index is 2.49. The summed E-state index contributed by atoms with van der Waals surface area (Å²) in [5.74, 6) is 0. The molecule has 0 aliphatic heterocycles. The molecule has 0 aromatic rings. The zero-order chi connectivity index (χ0) is 24.0. The van der Waals surface area contributed by atoms with E-state index in [0.29, 0.717) is 0 Å². The van der Waals surface area contributed by atoms with Crippen molar-refractivity contribution >= 4 is 16.6 Å². The minimum absolute atomic E-state index is 0. The van der Waals surface area contributed by atoms with E-state index in [1.807, 2.05) is 0 Å². The van der Waals surface area contributed by atoms with Crippen LogP contribution in [0.25, 0.3) is 0 Å². The van der Waals surface area contributed by atoms with Gasteiger partial charge in [-0.2, -0.15) is 0 Å². The largest absolute Gasteiger partial charge is 1.00 e. The molecule has 0 amide bonds. The summed E-state index contributed by atoms with van der Waals surface area (Å²) < 4.78 is 1.27. The molecule has 1 nitrogen and oxygen atoms in total. The van der Waals surface area contributed by atoms with Gasteiger partial charge in [-0.05, 0) is 19.3 Å². The van der Waals surface area contributed by atoms with Crippen LogP contribution in [-0.2, 0) is 0 Å². The number of rotatable bonds is 25. The van der Waals surface area contributed by atoms with Gasteiger partial charge >= 0.3 is 0 Å². The lowest BCUT2D eigenvalue weighted by Gasteiger charge is -2.31. The van der Waals surface area contributed by atoms with Crippen LogP contribution in [0.3, 0.4) is 0 Å². The Hall–Kier alpha value is 0.684. The molecule has 0 N–H and O–H groups in total. The highest BCUT2D eigenvalue weighted by Gasteiger charge is 2.26. The average molecular weight is 520 g/mol. The zero-order valence-corrected chi connectivity index (χ0v) is 27.5. The van der Waals surface area contributed by atoms with Crippen LogP contribution in [0.2, 0.25) is 24.2 Å². The van der Waals surface area contributed by atoms with E-state index in [1.165, 1.54) is 127 Å². The first-order valence-corrected chi connectivity index (χ1v) is 21.2. The first-order chi connectivity index (χ1) is 15.4. The maximum absolute atomic E-state index is 2.49. The van der Waals surface area contributed by atoms with Crippen LogP contribution >= 0.6 is 0 Å². The first kappa shape index (κ1) is 35.8. The molecule has 0 radical (unpaired) electrons. The van der Waals surface area contributed by atoms with Gasteiger partial charge in [0.05, 0.1) is 27.2 Å². The molecule has 0 rings (SSSR count). The summed E-state index contributed by atoms with van der Waals surface area (Å²) in [6.07, 6.45) is 25.0. The second kappa shape index (κ2) is 24.4. The Morgan fingerprint density at radius 1 is 0.485 bits per heavy atom. The summed E-state index contributed by atoms with van der Waals surface area (Å²) >= 11 is 0. The molecule has 0 aromatic carbocycles. The van der Waals surface area contributed by atoms with E-state index in [9.17, 15) is 0 Å². The summed E-state index contributed by atoms with van der Waals surface area (Å²) in [7, 11) is 4.45. The van der Waals surface area contributed by atoms with Gasteiger partial charge in [0.2, 0.25) is 0 Å². The topological polar surface area (TPSA) is 0 Å². The maximum Gasteiger partial charge on any atom is 0.0782 e. The fourth-order valence-electron chi connectivity index (χ4n) is 5.52. The van der Waals surface area contributed by atoms with Crippen LogP contribution in [0, 0.1) is 0 Å². The van der Waals surface area contributed by atoms with Crippen LogP contribution in [0.15, 0.2) is 0 Å². The second-order valence-electron chi connectivity index (χ2n) is 11.7. The van der Waals surface area contributed by atoms with Crippen molar-refractivity contribution in [1.82, 2.24) is 0 Å². The molecule has 0 unspecified atom stereocenters. The van der Waals surface area contributed by atoms with Gasteiger partial charge in [0, 0.05) is 16.6 Å². The molecule has 0 aliphatic carbocycles. The van der Waals surface area contributed by atoms with E-state index in [0.717, 1.165) is 0 Å². The van der Waals surface area contributed by atoms with E-state index in [1.54, 1.807) is 24.2 Å². The summed E-state index contributed by atoms with van der Waals surface area (Å²) in [6.45, 7) is 12.6. The van der Waals surface area contributed by atoms with Crippen molar-refractivity contribution in [3.05, 3.63) is 0 Å². The standard InChI is InChI=1S/C29H66NSi2.ClH/c1-7-11-12-13-14-15-16-17-18-19-20-21-22-23-24-25-27-30(5,6)28-26-29-31-32(8-2,9-3)10-4;/h7-29,31H2,1-6H3;1H/q+1;/p-1. The third-order valence-corrected chi connectivity index (χ3v) is 23.7. The van der Waals surface area contributed by atoms with Crippen LogP contribution in [-0.4, -0.2) is 48.3 Å². The summed E-state index contributed by atoms with van der Waals surface area (Å²) in [6, 6.07) is 6.30. The molecule has 0 aromatic heterocycles. The van der Waals surface area contributed by atoms with Crippen molar-refractivity contribution in [2.45, 2.75) is 161 Å². The quantitative estimate of drug-likeness (QED) is 0.0752. The van der Waals surface area contributed by atoms with Gasteiger partial charge in [-0.25, -0.2) is 0 Å². The van der Waals surface area contributed by atoms with E-state index >= 15 is 0 Å². The van der Waals surface area contributed by atoms with Crippen LogP contribution < -0.4 is 12.4 Å². The Balaban J connectivity index is 0. The monoisotopic (exact) mass is 519 g/mol. The third-order valence-electron chi connectivity index (χ3n) is 8.59. The van der Waals surface area contributed by atoms with Gasteiger partial charge < -0.3 is 16.9 Å². The minimum Gasteiger partial charge on any atom is -1.00 e. The summed E-state index contributed by atoms with van der Waals surface area (Å²) in [5, 5.41) is 0. The SMILES string of the molecule is CCCCCCCCCCCCCCCCCC[N+](C)(C)CCC[SiH2][Si](CC)(CC)CC.[Cl-]. The molecule has 0 spiro atoms. The van der Waals surface area contributed by atoms with Gasteiger partial charge in [0.25, 0.3) is 0 Å². The molecule has 33 heavy (non-hydrogen) atoms. The van der Waals surface area contributed by atoms with E-state index in [4.69, 9.17) is 0 Å². The number of hydrogen-bond donors (Lipinski definition) is 0. The van der Waals surface area contributed by atoms with Gasteiger partial charge in [0.1, 0.15) is 0 Å². The predicted octanol–water partition coefficient (Wildman–Crippen LogP) is 6.31. The van der Waals surface area contributed by atoms with Gasteiger partial charge in [0.15, 0.2) is 0 Å². The average Bonchev–Trinajstić information content (AvgIpc) is 2.79. The van der Waals surface area contributed by atoms with E-state index in [-0.39, 0.29) is 21.4 Å². The molecule has 0 aliphatic rings. The van der Waals surface area contributed by atoms with Crippen molar-refractivity contribution < 1.29 is 16.9 Å². The molecule has 0 atom stereocenters. The Bertz CT molecular complexity index is 378. The molecule has 0 fully saturated rings. The Morgan fingerprint density at radius 2 is 0.818 bits per heavy atom. The molecule has 4 heteroatoms. The number of halogens is 1. The van der Waals surface area contributed by atoms with Crippen LogP contribution in [0.5, 0.6) is 0 Å². The Morgan fingerprint density at radius 3 is 1.18 bits per heavy atom. The first-order valence-electron chi connectivity index (χ1n) is 15.3. The van der Waals surface area contributed by atoms with Crippen molar-refractivity contribution in [2.24, 2.45) is 0 Å². The lowest BCUT2D eigenvalue weighted by atomic mass is 10.0. The highest BCUT2D eigenvalue weighted by Crippen LogP contribution is 2.21. The molecule has 202 valence electrons. The zero-order valence-electron chi connectivity index (χ0n) is 24.3. The molecule has 0 bridgehead atoms. The van der Waals surface area contributed by atoms with Crippen molar-refractivity contribution in [3.8, 4) is 0 Å². The molecule has 0 saturated heterocycles. The Kier molecular flexibility index (Phi) is 26.5. The van der Waals surface area contributed by atoms with Crippen LogP contribution in [0.4, 0.5) is 0 Å². The smallest absolute Gasteiger partial charge is 0.0782 e. The minimum atomic E-state index is -0.747. The highest BCUT2D eigenvalue weighted by molar-refractivity contribution is 7.24. The van der Waals surface area contributed by atoms with E-state index < -0.39 is 7.59 Å². The third kappa shape index (κ3) is 21.7. The Labute approximate surface area is 221 Å². The lowest BCUT2D eigenvalue weighted by Crippen LogP contribution is -3.00. The highest BCUT2D eigenvalue weighted by atomic mass is 35.5. The number of hydrogen-bond acceptors (Lipinski definition) is 0. The van der Waals surface area contributed by atoms with Crippen LogP contribution in [0.1, 0.15) is 137 Å². The summed E-state index contributed by atoms with van der Waals surface area (Å²) in [5.41, 5.74) is 0. The summed E-state index contributed by atoms with van der Waals surface area (Å²) in [4.78, 5) is 0. The molecule has 0 heterocycles. The van der Waals surface area contributed by atoms with Gasteiger partial charge in [-0.15, -0.1) is 0 Å². The second-order valence-corrected chi connectivity index (χ2v) is 24.0. The van der Waals surface area contributed by atoms with Crippen molar-refractivity contribution in [3.63, 3.8) is 0 Å². The molecule has 0 saturated carbocycles. The fourth-order valence-corrected chi connectivity index (χ4v) is 15.5. The molecular weight excluding hydrogens is 454 g/mol. The number of nitrogens with zero attached hydrogens (tertiary/aromatic N) is 1. The van der Waals surface area contributed by atoms with Crippen molar-refractivity contribution in [1.29, 1.82) is 0 Å². The van der Waals surface area contributed by atoms with Gasteiger partial charge in [-0.1, -0.05) is 142 Å². The normalized spacial score (nSPS) is 12.5. The lowest BCUT2D eigenvalue weighted by molar-refractivity contribution is -0.890. The van der Waals surface area contributed by atoms with Gasteiger partial charge in [-0.3, -0.25) is 0 Å². The fraction of sp³-hybridized carbons (Fsp3) is 1.00. The molecular formula is C29H66ClNSi2. The van der Waals surface area contributed by atoms with Crippen molar-refractivity contribution in [2.75, 3.05) is 27.2 Å². The number of quaternary nitrogens is 1. The number of unbranched alkanes of at least 4 members (excludes halogenated alkanes) is 15. The predicted molar refractivity (Wildman–Crippen MR) is 157 cm³/mol. The van der Waals surface area contributed by atoms with E-state index in [2.05, 4.69) is 41.8 Å².